The number of esters is 4. The van der Waals surface area contributed by atoms with Crippen LogP contribution in [-0.2, 0) is 38.9 Å². The Morgan fingerprint density at radius 2 is 1.18 bits per heavy atom. The molecular weight excluding hydrogens is 622 g/mol. The van der Waals surface area contributed by atoms with Crippen molar-refractivity contribution < 1.29 is 55.0 Å². The van der Waals surface area contributed by atoms with E-state index in [2.05, 4.69) is 24.2 Å². The summed E-state index contributed by atoms with van der Waals surface area (Å²) >= 11 is 0. The van der Waals surface area contributed by atoms with Gasteiger partial charge in [0.15, 0.2) is 9.84 Å². The normalized spacial score (nSPS) is 12.8. The molecule has 0 aliphatic heterocycles. The zero-order chi connectivity index (χ0) is 32.7. The number of carbonyl (C=O) groups excluding carboxylic acids is 4. The first-order chi connectivity index (χ1) is 20.7. The van der Waals surface area contributed by atoms with Crippen LogP contribution in [0, 0.1) is 5.92 Å². The number of ether oxygens (including phenoxy) is 4. The standard InChI is InChI=1S/C27H27N3O12S2/c1-16(15-43(35,36)22-9-18(11-28-13-22)26(33)39-3)24(31)41-20-5-7-21(8-6-20)42-25(32)17(2)30-44(37,38)23-10-19(12-29-14-23)27(34)40-4/h5-14,16-17,30H,15H2,1-4H3/t16-,17+/m1/s1. The second kappa shape index (κ2) is 14.2. The van der Waals surface area contributed by atoms with E-state index in [4.69, 9.17) is 9.47 Å². The van der Waals surface area contributed by atoms with Crippen LogP contribution < -0.4 is 14.2 Å². The van der Waals surface area contributed by atoms with Gasteiger partial charge < -0.3 is 18.9 Å². The first-order valence-electron chi connectivity index (χ1n) is 12.5. The number of nitrogens with zero attached hydrogens (tertiary/aromatic N) is 2. The Hall–Kier alpha value is -4.74. The number of sulfone groups is 1. The minimum Gasteiger partial charge on any atom is -0.465 e. The van der Waals surface area contributed by atoms with Gasteiger partial charge in [0.25, 0.3) is 0 Å². The van der Waals surface area contributed by atoms with Crippen molar-refractivity contribution in [2.24, 2.45) is 5.92 Å². The molecule has 0 radical (unpaired) electrons. The molecule has 0 saturated carbocycles. The van der Waals surface area contributed by atoms with Gasteiger partial charge in [0.2, 0.25) is 10.0 Å². The Kier molecular flexibility index (Phi) is 10.9. The molecule has 1 N–H and O–H groups in total. The molecule has 15 nitrogen and oxygen atoms in total. The highest BCUT2D eigenvalue weighted by Crippen LogP contribution is 2.21. The zero-order valence-corrected chi connectivity index (χ0v) is 25.4. The van der Waals surface area contributed by atoms with Crippen molar-refractivity contribution in [2.75, 3.05) is 20.0 Å². The second-order valence-electron chi connectivity index (χ2n) is 9.14. The number of hydrogen-bond donors (Lipinski definition) is 1. The van der Waals surface area contributed by atoms with Gasteiger partial charge in [-0.15, -0.1) is 0 Å². The zero-order valence-electron chi connectivity index (χ0n) is 23.7. The van der Waals surface area contributed by atoms with Gasteiger partial charge in [-0.05, 0) is 43.3 Å². The van der Waals surface area contributed by atoms with E-state index in [-0.39, 0.29) is 32.4 Å². The molecule has 0 aliphatic rings. The molecule has 2 atom stereocenters. The molecule has 44 heavy (non-hydrogen) atoms. The molecule has 0 unspecified atom stereocenters. The number of pyridine rings is 2. The highest BCUT2D eigenvalue weighted by molar-refractivity contribution is 7.91. The van der Waals surface area contributed by atoms with E-state index < -0.39 is 61.5 Å². The number of benzene rings is 1. The monoisotopic (exact) mass is 649 g/mol. The van der Waals surface area contributed by atoms with E-state index in [0.717, 1.165) is 51.1 Å². The maximum absolute atomic E-state index is 12.8. The third-order valence-electron chi connectivity index (χ3n) is 5.76. The minimum absolute atomic E-state index is 0.0104. The summed E-state index contributed by atoms with van der Waals surface area (Å²) < 4.78 is 72.5. The third kappa shape index (κ3) is 8.65. The van der Waals surface area contributed by atoms with Gasteiger partial charge in [-0.1, -0.05) is 6.92 Å². The van der Waals surface area contributed by atoms with Crippen molar-refractivity contribution in [3.8, 4) is 11.5 Å². The van der Waals surface area contributed by atoms with E-state index in [9.17, 15) is 36.0 Å². The lowest BCUT2D eigenvalue weighted by Gasteiger charge is -2.14. The SMILES string of the molecule is COC(=O)c1cncc(S(=O)(=O)C[C@@H](C)C(=O)Oc2ccc(OC(=O)[C@H](C)NS(=O)(=O)c3cncc(C(=O)OC)c3)cc2)c1. The van der Waals surface area contributed by atoms with Crippen LogP contribution in [0.5, 0.6) is 11.5 Å². The number of aromatic nitrogens is 2. The molecule has 1 aromatic carbocycles. The molecule has 2 heterocycles. The predicted molar refractivity (Wildman–Crippen MR) is 150 cm³/mol. The summed E-state index contributed by atoms with van der Waals surface area (Å²) in [5, 5.41) is 0. The van der Waals surface area contributed by atoms with Crippen molar-refractivity contribution in [1.29, 1.82) is 0 Å². The van der Waals surface area contributed by atoms with Crippen molar-refractivity contribution in [2.45, 2.75) is 29.7 Å². The molecule has 2 aromatic heterocycles. The lowest BCUT2D eigenvalue weighted by atomic mass is 10.2. The van der Waals surface area contributed by atoms with Crippen LogP contribution in [0.1, 0.15) is 34.6 Å². The van der Waals surface area contributed by atoms with Gasteiger partial charge in [-0.3, -0.25) is 14.8 Å². The molecule has 3 aromatic rings. The fourth-order valence-electron chi connectivity index (χ4n) is 3.45. The van der Waals surface area contributed by atoms with Crippen LogP contribution in [0.15, 0.2) is 71.0 Å². The van der Waals surface area contributed by atoms with E-state index >= 15 is 0 Å². The second-order valence-corrected chi connectivity index (χ2v) is 12.9. The molecule has 0 bridgehead atoms. The average Bonchev–Trinajstić information content (AvgIpc) is 3.00. The maximum atomic E-state index is 12.8. The third-order valence-corrected chi connectivity index (χ3v) is 9.14. The fourth-order valence-corrected chi connectivity index (χ4v) is 6.15. The quantitative estimate of drug-likeness (QED) is 0.217. The smallest absolute Gasteiger partial charge is 0.339 e. The molecule has 0 amide bonds. The van der Waals surface area contributed by atoms with Crippen LogP contribution in [-0.4, -0.2) is 76.7 Å². The Balaban J connectivity index is 1.58. The number of methoxy groups -OCH3 is 2. The average molecular weight is 650 g/mol. The number of rotatable bonds is 12. The Morgan fingerprint density at radius 1 is 0.727 bits per heavy atom. The molecule has 17 heteroatoms. The molecule has 0 saturated heterocycles. The van der Waals surface area contributed by atoms with Gasteiger partial charge in [0.1, 0.15) is 22.4 Å². The Morgan fingerprint density at radius 3 is 1.68 bits per heavy atom. The lowest BCUT2D eigenvalue weighted by Crippen LogP contribution is -2.40. The first-order valence-corrected chi connectivity index (χ1v) is 15.7. The van der Waals surface area contributed by atoms with Crippen LogP contribution in [0.2, 0.25) is 0 Å². The molecule has 3 rings (SSSR count). The molecule has 0 aliphatic carbocycles. The van der Waals surface area contributed by atoms with Crippen LogP contribution in [0.4, 0.5) is 0 Å². The van der Waals surface area contributed by atoms with Crippen LogP contribution >= 0.6 is 0 Å². The lowest BCUT2D eigenvalue weighted by molar-refractivity contribution is -0.138. The van der Waals surface area contributed by atoms with Crippen molar-refractivity contribution in [3.05, 3.63) is 72.3 Å². The topological polar surface area (TPSA) is 211 Å². The van der Waals surface area contributed by atoms with Crippen molar-refractivity contribution >= 4 is 43.7 Å². The van der Waals surface area contributed by atoms with E-state index in [1.165, 1.54) is 38.1 Å². The van der Waals surface area contributed by atoms with Gasteiger partial charge in [0, 0.05) is 24.8 Å². The largest absolute Gasteiger partial charge is 0.465 e. The highest BCUT2D eigenvalue weighted by Gasteiger charge is 2.27. The predicted octanol–water partition coefficient (Wildman–Crippen LogP) is 1.34. The number of nitrogens with one attached hydrogen (secondary N) is 1. The van der Waals surface area contributed by atoms with Gasteiger partial charge in [0.05, 0.1) is 41.9 Å². The maximum Gasteiger partial charge on any atom is 0.339 e. The molecule has 234 valence electrons. The van der Waals surface area contributed by atoms with Crippen molar-refractivity contribution in [1.82, 2.24) is 14.7 Å². The Bertz CT molecular complexity index is 1640. The summed E-state index contributed by atoms with van der Waals surface area (Å²) in [5.41, 5.74) is -0.177. The van der Waals surface area contributed by atoms with Crippen molar-refractivity contribution in [3.63, 3.8) is 0 Å². The van der Waals surface area contributed by atoms with Gasteiger partial charge >= 0.3 is 23.9 Å². The number of hydrogen-bond acceptors (Lipinski definition) is 14. The highest BCUT2D eigenvalue weighted by atomic mass is 32.2. The fraction of sp³-hybridized carbons (Fsp3) is 0.259. The molecular formula is C27H27N3O12S2. The summed E-state index contributed by atoms with van der Waals surface area (Å²) in [4.78, 5) is 55.2. The van der Waals surface area contributed by atoms with Gasteiger partial charge in [-0.25, -0.2) is 31.2 Å². The van der Waals surface area contributed by atoms with E-state index in [0.29, 0.717) is 0 Å². The number of carbonyl (C=O) groups is 4. The summed E-state index contributed by atoms with van der Waals surface area (Å²) in [7, 11) is -6.04. The molecule has 0 spiro atoms. The minimum atomic E-state index is -4.27. The Labute approximate surface area is 252 Å². The summed E-state index contributed by atoms with van der Waals surface area (Å²) in [5.74, 6) is -5.15. The summed E-state index contributed by atoms with van der Waals surface area (Å²) in [6, 6.07) is 5.89. The van der Waals surface area contributed by atoms with E-state index in [1.54, 1.807) is 0 Å². The van der Waals surface area contributed by atoms with E-state index in [1.807, 2.05) is 0 Å². The first kappa shape index (κ1) is 33.8. The van der Waals surface area contributed by atoms with Gasteiger partial charge in [-0.2, -0.15) is 4.72 Å². The number of sulfonamides is 1. The summed E-state index contributed by atoms with van der Waals surface area (Å²) in [6.45, 7) is 2.59. The summed E-state index contributed by atoms with van der Waals surface area (Å²) in [6.07, 6.45) is 4.31. The molecule has 0 fully saturated rings. The van der Waals surface area contributed by atoms with Crippen LogP contribution in [0.25, 0.3) is 0 Å². The van der Waals surface area contributed by atoms with Crippen LogP contribution in [0.3, 0.4) is 0 Å².